The van der Waals surface area contributed by atoms with Gasteiger partial charge in [0.05, 0.1) is 6.10 Å². The number of rotatable bonds is 7. The predicted molar refractivity (Wildman–Crippen MR) is 127 cm³/mol. The van der Waals surface area contributed by atoms with Gasteiger partial charge < -0.3 is 19.4 Å². The highest BCUT2D eigenvalue weighted by Gasteiger charge is 2.56. The molecule has 0 aromatic heterocycles. The maximum atomic E-state index is 12.5. The van der Waals surface area contributed by atoms with Crippen molar-refractivity contribution in [2.24, 2.45) is 17.3 Å². The monoisotopic (exact) mass is 519 g/mol. The van der Waals surface area contributed by atoms with Gasteiger partial charge in [-0.3, -0.25) is 4.52 Å². The summed E-state index contributed by atoms with van der Waals surface area (Å²) in [6.07, 6.45) is 4.55. The standard InChI is InChI=1S/C23H32Cl2NO6P/c1-23-9-8-18-17-5-3-16(31-22(27)26(12-10-24)13-11-25)14-15(17)2-4-19(18)20(23)6-7-21(23)32-33(28,29)30/h3,5,14,18-21H,2,4,6-13H2,1H3,(H2,28,29,30)/t18?,19?,20?,21?,23-/m0/s1. The third-order valence-electron chi connectivity index (χ3n) is 8.05. The van der Waals surface area contributed by atoms with Crippen molar-refractivity contribution in [3.8, 4) is 5.75 Å². The first-order valence-electron chi connectivity index (χ1n) is 11.6. The number of carbonyl (C=O) groups is 1. The summed E-state index contributed by atoms with van der Waals surface area (Å²) in [5.74, 6) is 2.44. The molecule has 3 aliphatic rings. The van der Waals surface area contributed by atoms with Gasteiger partial charge in [-0.15, -0.1) is 23.2 Å². The lowest BCUT2D eigenvalue weighted by Crippen LogP contribution is -2.44. The molecule has 5 atom stereocenters. The Kier molecular flexibility index (Phi) is 7.69. The first-order valence-corrected chi connectivity index (χ1v) is 14.2. The maximum Gasteiger partial charge on any atom is 0.469 e. The van der Waals surface area contributed by atoms with E-state index in [9.17, 15) is 19.1 Å². The zero-order chi connectivity index (χ0) is 23.8. The molecule has 10 heteroatoms. The molecule has 0 spiro atoms. The largest absolute Gasteiger partial charge is 0.469 e. The molecule has 2 fully saturated rings. The van der Waals surface area contributed by atoms with Crippen molar-refractivity contribution >= 4 is 37.1 Å². The SMILES string of the molecule is C[C@]12CCC3c4ccc(OC(=O)N(CCCl)CCCl)cc4CCC3C1CCC2OP(=O)(O)O. The lowest BCUT2D eigenvalue weighted by atomic mass is 9.55. The number of amides is 1. The van der Waals surface area contributed by atoms with Crippen LogP contribution in [0.2, 0.25) is 0 Å². The van der Waals surface area contributed by atoms with E-state index in [1.54, 1.807) is 0 Å². The van der Waals surface area contributed by atoms with Gasteiger partial charge in [0.1, 0.15) is 5.75 Å². The van der Waals surface area contributed by atoms with Crippen molar-refractivity contribution in [2.75, 3.05) is 24.8 Å². The van der Waals surface area contributed by atoms with Gasteiger partial charge in [0.25, 0.3) is 0 Å². The van der Waals surface area contributed by atoms with E-state index in [2.05, 4.69) is 13.0 Å². The number of carbonyl (C=O) groups excluding carboxylic acids is 1. The van der Waals surface area contributed by atoms with Crippen molar-refractivity contribution < 1.29 is 28.4 Å². The Morgan fingerprint density at radius 1 is 1.18 bits per heavy atom. The molecule has 184 valence electrons. The normalized spacial score (nSPS) is 30.8. The van der Waals surface area contributed by atoms with Crippen LogP contribution in [0.5, 0.6) is 5.75 Å². The van der Waals surface area contributed by atoms with Crippen LogP contribution in [-0.2, 0) is 15.5 Å². The van der Waals surface area contributed by atoms with Gasteiger partial charge in [0, 0.05) is 24.8 Å². The number of phosphoric acid groups is 1. The Bertz CT molecular complexity index is 920. The highest BCUT2D eigenvalue weighted by atomic mass is 35.5. The van der Waals surface area contributed by atoms with Gasteiger partial charge in [-0.1, -0.05) is 13.0 Å². The van der Waals surface area contributed by atoms with Crippen LogP contribution in [0.3, 0.4) is 0 Å². The average molecular weight is 520 g/mol. The summed E-state index contributed by atoms with van der Waals surface area (Å²) in [4.78, 5) is 32.7. The number of halogens is 2. The van der Waals surface area contributed by atoms with Crippen molar-refractivity contribution in [3.05, 3.63) is 29.3 Å². The van der Waals surface area contributed by atoms with E-state index in [0.717, 1.165) is 32.1 Å². The van der Waals surface area contributed by atoms with E-state index < -0.39 is 20.0 Å². The minimum absolute atomic E-state index is 0.205. The molecule has 33 heavy (non-hydrogen) atoms. The Morgan fingerprint density at radius 2 is 1.91 bits per heavy atom. The van der Waals surface area contributed by atoms with E-state index in [1.165, 1.54) is 16.0 Å². The summed E-state index contributed by atoms with van der Waals surface area (Å²) in [5, 5.41) is 0. The minimum Gasteiger partial charge on any atom is -0.410 e. The number of nitrogens with zero attached hydrogens (tertiary/aromatic N) is 1. The Morgan fingerprint density at radius 3 is 2.58 bits per heavy atom. The first kappa shape index (κ1) is 25.3. The van der Waals surface area contributed by atoms with Crippen molar-refractivity contribution in [3.63, 3.8) is 0 Å². The highest BCUT2D eigenvalue weighted by molar-refractivity contribution is 7.46. The Labute approximate surface area is 205 Å². The summed E-state index contributed by atoms with van der Waals surface area (Å²) >= 11 is 11.6. The fraction of sp³-hybridized carbons (Fsp3) is 0.696. The van der Waals surface area contributed by atoms with E-state index in [-0.39, 0.29) is 5.41 Å². The van der Waals surface area contributed by atoms with Crippen LogP contribution in [0, 0.1) is 17.3 Å². The molecule has 4 rings (SSSR count). The molecule has 4 unspecified atom stereocenters. The Hall–Kier alpha value is -0.820. The van der Waals surface area contributed by atoms with E-state index >= 15 is 0 Å². The molecule has 1 aromatic rings. The van der Waals surface area contributed by atoms with Gasteiger partial charge in [0.2, 0.25) is 0 Å². The predicted octanol–water partition coefficient (Wildman–Crippen LogP) is 5.30. The van der Waals surface area contributed by atoms with Crippen LogP contribution in [0.25, 0.3) is 0 Å². The lowest BCUT2D eigenvalue weighted by molar-refractivity contribution is -0.0217. The van der Waals surface area contributed by atoms with E-state index in [4.69, 9.17) is 32.5 Å². The molecule has 0 heterocycles. The number of benzene rings is 1. The fourth-order valence-electron chi connectivity index (χ4n) is 6.58. The summed E-state index contributed by atoms with van der Waals surface area (Å²) in [5.41, 5.74) is 2.32. The van der Waals surface area contributed by atoms with Crippen LogP contribution in [-0.4, -0.2) is 51.7 Å². The third-order valence-corrected chi connectivity index (χ3v) is 8.91. The Balaban J connectivity index is 1.48. The number of fused-ring (bicyclic) bond motifs is 5. The second-order valence-corrected chi connectivity index (χ2v) is 11.7. The molecule has 0 bridgehead atoms. The summed E-state index contributed by atoms with van der Waals surface area (Å²) in [7, 11) is -4.50. The molecular formula is C23H32Cl2NO6P. The average Bonchev–Trinajstić information content (AvgIpc) is 3.08. The van der Waals surface area contributed by atoms with Gasteiger partial charge in [-0.25, -0.2) is 9.36 Å². The zero-order valence-electron chi connectivity index (χ0n) is 18.8. The second-order valence-electron chi connectivity index (χ2n) is 9.72. The number of ether oxygens (including phenoxy) is 1. The van der Waals surface area contributed by atoms with Gasteiger partial charge in [-0.2, -0.15) is 0 Å². The smallest absolute Gasteiger partial charge is 0.410 e. The number of aryl methyl sites for hydroxylation is 1. The summed E-state index contributed by atoms with van der Waals surface area (Å²) < 4.78 is 22.3. The minimum atomic E-state index is -4.50. The molecule has 0 saturated heterocycles. The molecular weight excluding hydrogens is 488 g/mol. The van der Waals surface area contributed by atoms with Crippen molar-refractivity contribution in [1.29, 1.82) is 0 Å². The number of hydrogen-bond donors (Lipinski definition) is 2. The fourth-order valence-corrected chi connectivity index (χ4v) is 7.66. The number of phosphoric ester groups is 1. The van der Waals surface area contributed by atoms with Crippen molar-refractivity contribution in [2.45, 2.75) is 57.5 Å². The van der Waals surface area contributed by atoms with Gasteiger partial charge in [-0.05, 0) is 85.0 Å². The molecule has 2 saturated carbocycles. The lowest BCUT2D eigenvalue weighted by Gasteiger charge is -2.50. The molecule has 7 nitrogen and oxygen atoms in total. The topological polar surface area (TPSA) is 96.3 Å². The van der Waals surface area contributed by atoms with Crippen molar-refractivity contribution in [1.82, 2.24) is 4.90 Å². The van der Waals surface area contributed by atoms with E-state index in [1.807, 2.05) is 12.1 Å². The van der Waals surface area contributed by atoms with Crippen LogP contribution in [0.1, 0.15) is 56.1 Å². The quantitative estimate of drug-likeness (QED) is 0.374. The van der Waals surface area contributed by atoms with Gasteiger partial charge >= 0.3 is 13.9 Å². The van der Waals surface area contributed by atoms with Crippen LogP contribution in [0.4, 0.5) is 4.79 Å². The number of alkyl halides is 2. The van der Waals surface area contributed by atoms with Gasteiger partial charge in [0.15, 0.2) is 0 Å². The summed E-state index contributed by atoms with van der Waals surface area (Å²) in [6, 6.07) is 5.93. The molecule has 0 aliphatic heterocycles. The first-order chi connectivity index (χ1) is 15.7. The highest BCUT2D eigenvalue weighted by Crippen LogP contribution is 2.63. The molecule has 0 radical (unpaired) electrons. The van der Waals surface area contributed by atoms with Crippen LogP contribution < -0.4 is 4.74 Å². The third kappa shape index (κ3) is 5.24. The summed E-state index contributed by atoms with van der Waals surface area (Å²) in [6.45, 7) is 2.91. The zero-order valence-corrected chi connectivity index (χ0v) is 21.2. The molecule has 2 N–H and O–H groups in total. The molecule has 3 aliphatic carbocycles. The van der Waals surface area contributed by atoms with Crippen LogP contribution in [0.15, 0.2) is 18.2 Å². The molecule has 1 amide bonds. The maximum absolute atomic E-state index is 12.5. The molecule has 1 aromatic carbocycles. The van der Waals surface area contributed by atoms with E-state index in [0.29, 0.717) is 54.8 Å². The number of hydrogen-bond acceptors (Lipinski definition) is 4. The second kappa shape index (κ2) is 10.0. The van der Waals surface area contributed by atoms with Crippen LogP contribution >= 0.6 is 31.0 Å².